The Balaban J connectivity index is 1.42. The molecule has 0 aromatic carbocycles. The third-order valence-corrected chi connectivity index (χ3v) is 6.31. The number of nitrogens with one attached hydrogen (secondary N) is 1. The summed E-state index contributed by atoms with van der Waals surface area (Å²) in [5, 5.41) is 3.91. The van der Waals surface area contributed by atoms with Crippen LogP contribution in [0.15, 0.2) is 24.5 Å². The fraction of sp³-hybridized carbons (Fsp3) is 0.529. The zero-order valence-corrected chi connectivity index (χ0v) is 13.6. The van der Waals surface area contributed by atoms with Gasteiger partial charge in [-0.25, -0.2) is 4.98 Å². The molecular formula is C17H19ClN4O. The van der Waals surface area contributed by atoms with Crippen molar-refractivity contribution in [3.63, 3.8) is 0 Å². The minimum absolute atomic E-state index is 0.0603. The van der Waals surface area contributed by atoms with E-state index in [0.29, 0.717) is 16.8 Å². The molecule has 1 unspecified atom stereocenters. The van der Waals surface area contributed by atoms with Gasteiger partial charge in [-0.1, -0.05) is 11.6 Å². The van der Waals surface area contributed by atoms with Crippen molar-refractivity contribution < 1.29 is 4.79 Å². The summed E-state index contributed by atoms with van der Waals surface area (Å²) in [5.74, 6) is 0.563. The summed E-state index contributed by atoms with van der Waals surface area (Å²) in [5.41, 5.74) is 1.61. The van der Waals surface area contributed by atoms with E-state index >= 15 is 0 Å². The van der Waals surface area contributed by atoms with Crippen molar-refractivity contribution in [3.05, 3.63) is 35.4 Å². The van der Waals surface area contributed by atoms with E-state index in [1.165, 1.54) is 38.8 Å². The van der Waals surface area contributed by atoms with Crippen LogP contribution >= 0.6 is 11.6 Å². The summed E-state index contributed by atoms with van der Waals surface area (Å²) in [6.45, 7) is 2.40. The predicted octanol–water partition coefficient (Wildman–Crippen LogP) is 2.34. The lowest BCUT2D eigenvalue weighted by molar-refractivity contribution is -0.00152. The van der Waals surface area contributed by atoms with Gasteiger partial charge in [-0.2, -0.15) is 0 Å². The maximum absolute atomic E-state index is 12.7. The first-order valence-corrected chi connectivity index (χ1v) is 8.74. The minimum Gasteiger partial charge on any atom is -0.346 e. The molecule has 6 heteroatoms. The van der Waals surface area contributed by atoms with Crippen LogP contribution in [0.3, 0.4) is 0 Å². The maximum atomic E-state index is 12.7. The molecule has 3 saturated heterocycles. The number of aromatic nitrogens is 2. The molecule has 1 spiro atoms. The molecule has 1 aliphatic carbocycles. The van der Waals surface area contributed by atoms with Gasteiger partial charge in [-0.15, -0.1) is 0 Å². The van der Waals surface area contributed by atoms with Crippen molar-refractivity contribution in [2.45, 2.75) is 37.3 Å². The summed E-state index contributed by atoms with van der Waals surface area (Å²) < 4.78 is 1.77. The summed E-state index contributed by atoms with van der Waals surface area (Å²) in [7, 11) is 0. The molecule has 6 rings (SSSR count). The Hall–Kier alpha value is -1.59. The van der Waals surface area contributed by atoms with Gasteiger partial charge in [0.05, 0.1) is 11.6 Å². The highest BCUT2D eigenvalue weighted by atomic mass is 35.5. The van der Waals surface area contributed by atoms with Gasteiger partial charge in [-0.05, 0) is 62.9 Å². The third-order valence-electron chi connectivity index (χ3n) is 6.00. The standard InChI is InChI=1S/C17H19ClN4O/c18-14-2-1-12-9-13(19-10-22(12)14)16(23)20-15-11-3-7-21(8-4-11)17(15)5-6-17/h1-2,9-11,15H,3-8H2,(H,20,23). The Labute approximate surface area is 139 Å². The number of carbonyl (C=O) groups is 1. The number of fused-ring (bicyclic) bond motifs is 3. The van der Waals surface area contributed by atoms with Crippen molar-refractivity contribution in [2.24, 2.45) is 5.92 Å². The van der Waals surface area contributed by atoms with Gasteiger partial charge < -0.3 is 5.32 Å². The van der Waals surface area contributed by atoms with E-state index in [1.807, 2.05) is 18.2 Å². The molecule has 4 aliphatic rings. The largest absolute Gasteiger partial charge is 0.346 e. The number of piperidine rings is 3. The fourth-order valence-electron chi connectivity index (χ4n) is 4.64. The van der Waals surface area contributed by atoms with Gasteiger partial charge in [0.15, 0.2) is 0 Å². The van der Waals surface area contributed by atoms with Crippen molar-refractivity contribution in [1.82, 2.24) is 19.6 Å². The molecule has 1 saturated carbocycles. The predicted molar refractivity (Wildman–Crippen MR) is 87.7 cm³/mol. The molecule has 2 aromatic heterocycles. The van der Waals surface area contributed by atoms with Crippen LogP contribution in [0.4, 0.5) is 0 Å². The zero-order chi connectivity index (χ0) is 15.6. The number of carbonyl (C=O) groups excluding carboxylic acids is 1. The average Bonchev–Trinajstić information content (AvgIpc) is 3.28. The Kier molecular flexibility index (Phi) is 2.83. The highest BCUT2D eigenvalue weighted by Crippen LogP contribution is 2.53. The molecule has 3 aliphatic heterocycles. The molecular weight excluding hydrogens is 312 g/mol. The molecule has 5 nitrogen and oxygen atoms in total. The zero-order valence-electron chi connectivity index (χ0n) is 12.8. The van der Waals surface area contributed by atoms with Gasteiger partial charge in [-0.3, -0.25) is 14.1 Å². The topological polar surface area (TPSA) is 49.6 Å². The second kappa shape index (κ2) is 4.71. The summed E-state index contributed by atoms with van der Waals surface area (Å²) >= 11 is 6.07. The van der Waals surface area contributed by atoms with Crippen molar-refractivity contribution in [1.29, 1.82) is 0 Å². The summed E-state index contributed by atoms with van der Waals surface area (Å²) in [4.78, 5) is 19.6. The lowest BCUT2D eigenvalue weighted by Gasteiger charge is -2.52. The molecule has 1 amide bonds. The average molecular weight is 331 g/mol. The first-order valence-electron chi connectivity index (χ1n) is 8.36. The highest BCUT2D eigenvalue weighted by Gasteiger charge is 2.60. The Morgan fingerprint density at radius 1 is 1.30 bits per heavy atom. The summed E-state index contributed by atoms with van der Waals surface area (Å²) in [6.07, 6.45) is 6.46. The first-order chi connectivity index (χ1) is 11.2. The lowest BCUT2D eigenvalue weighted by atomic mass is 9.77. The molecule has 1 N–H and O–H groups in total. The van der Waals surface area contributed by atoms with Gasteiger partial charge in [0, 0.05) is 5.54 Å². The van der Waals surface area contributed by atoms with E-state index in [0.717, 1.165) is 5.52 Å². The van der Waals surface area contributed by atoms with E-state index in [1.54, 1.807) is 10.7 Å². The Morgan fingerprint density at radius 3 is 2.83 bits per heavy atom. The van der Waals surface area contributed by atoms with Crippen molar-refractivity contribution >= 4 is 23.0 Å². The van der Waals surface area contributed by atoms with Crippen LogP contribution in [0.25, 0.3) is 5.52 Å². The number of hydrogen-bond donors (Lipinski definition) is 1. The van der Waals surface area contributed by atoms with Crippen molar-refractivity contribution in [3.8, 4) is 0 Å². The van der Waals surface area contributed by atoms with Crippen LogP contribution in [-0.2, 0) is 0 Å². The van der Waals surface area contributed by atoms with Crippen LogP contribution in [-0.4, -0.2) is 44.9 Å². The first kappa shape index (κ1) is 13.8. The van der Waals surface area contributed by atoms with Crippen LogP contribution in [0.2, 0.25) is 5.15 Å². The van der Waals surface area contributed by atoms with E-state index in [9.17, 15) is 4.79 Å². The quantitative estimate of drug-likeness (QED) is 0.919. The number of hydrogen-bond acceptors (Lipinski definition) is 3. The number of nitrogens with zero attached hydrogens (tertiary/aromatic N) is 3. The molecule has 2 aromatic rings. The van der Waals surface area contributed by atoms with Gasteiger partial charge in [0.2, 0.25) is 0 Å². The van der Waals surface area contributed by atoms with Crippen LogP contribution in [0.1, 0.15) is 36.2 Å². The van der Waals surface area contributed by atoms with Crippen molar-refractivity contribution in [2.75, 3.05) is 13.1 Å². The van der Waals surface area contributed by atoms with Gasteiger partial charge >= 0.3 is 0 Å². The fourth-order valence-corrected chi connectivity index (χ4v) is 4.84. The second-order valence-electron chi connectivity index (χ2n) is 7.10. The normalized spacial score (nSPS) is 30.7. The van der Waals surface area contributed by atoms with Gasteiger partial charge in [0.1, 0.15) is 17.2 Å². The van der Waals surface area contributed by atoms with E-state index in [-0.39, 0.29) is 17.5 Å². The molecule has 23 heavy (non-hydrogen) atoms. The van der Waals surface area contributed by atoms with Crippen LogP contribution in [0.5, 0.6) is 0 Å². The summed E-state index contributed by atoms with van der Waals surface area (Å²) in [6, 6.07) is 5.80. The molecule has 5 heterocycles. The smallest absolute Gasteiger partial charge is 0.270 e. The molecule has 4 fully saturated rings. The van der Waals surface area contributed by atoms with E-state index in [2.05, 4.69) is 15.2 Å². The van der Waals surface area contributed by atoms with Gasteiger partial charge in [0.25, 0.3) is 5.91 Å². The second-order valence-corrected chi connectivity index (χ2v) is 7.49. The van der Waals surface area contributed by atoms with E-state index < -0.39 is 0 Å². The lowest BCUT2D eigenvalue weighted by Crippen LogP contribution is -2.65. The number of halogens is 1. The van der Waals surface area contributed by atoms with Crippen LogP contribution in [0, 0.1) is 5.92 Å². The third kappa shape index (κ3) is 1.96. The molecule has 2 bridgehead atoms. The van der Waals surface area contributed by atoms with E-state index in [4.69, 9.17) is 11.6 Å². The molecule has 1 atom stereocenters. The molecule has 0 radical (unpaired) electrons. The van der Waals surface area contributed by atoms with Crippen LogP contribution < -0.4 is 5.32 Å². The SMILES string of the molecule is O=C(NC1C2CCN(CC2)C12CC2)c1cc2ccc(Cl)n2cn1. The monoisotopic (exact) mass is 330 g/mol. The number of amides is 1. The maximum Gasteiger partial charge on any atom is 0.270 e. The minimum atomic E-state index is -0.0603. The molecule has 120 valence electrons. The Morgan fingerprint density at radius 2 is 2.09 bits per heavy atom. The Bertz CT molecular complexity index is 789. The highest BCUT2D eigenvalue weighted by molar-refractivity contribution is 6.30. The number of rotatable bonds is 2.